The fourth-order valence-electron chi connectivity index (χ4n) is 4.00. The van der Waals surface area contributed by atoms with E-state index >= 15 is 0 Å². The molecule has 0 aromatic carbocycles. The standard InChI is InChI=1S/C18H26N6/c1-3-22-8-7-19-17(22)12-23-9-10-24(11-14(23)2)18-15-5-4-6-16(15)20-13-21-18/h7-8,13-14H,3-6,9-12H2,1-2H3. The molecule has 2 aromatic heterocycles. The molecule has 0 bridgehead atoms. The van der Waals surface area contributed by atoms with Gasteiger partial charge in [0.1, 0.15) is 18.0 Å². The first kappa shape index (κ1) is 15.6. The molecule has 2 aromatic rings. The summed E-state index contributed by atoms with van der Waals surface area (Å²) in [5.41, 5.74) is 2.65. The van der Waals surface area contributed by atoms with Crippen LogP contribution >= 0.6 is 0 Å². The summed E-state index contributed by atoms with van der Waals surface area (Å²) in [5.74, 6) is 2.35. The Hall–Kier alpha value is -1.95. The van der Waals surface area contributed by atoms with Crippen LogP contribution < -0.4 is 4.90 Å². The van der Waals surface area contributed by atoms with Crippen LogP contribution in [0.25, 0.3) is 0 Å². The van der Waals surface area contributed by atoms with Crippen LogP contribution in [0.5, 0.6) is 0 Å². The summed E-state index contributed by atoms with van der Waals surface area (Å²) in [5, 5.41) is 0. The quantitative estimate of drug-likeness (QED) is 0.859. The normalized spacial score (nSPS) is 21.2. The molecular weight excluding hydrogens is 300 g/mol. The number of hydrogen-bond acceptors (Lipinski definition) is 5. The lowest BCUT2D eigenvalue weighted by atomic mass is 10.1. The van der Waals surface area contributed by atoms with Crippen molar-refractivity contribution in [2.45, 2.75) is 52.2 Å². The summed E-state index contributed by atoms with van der Waals surface area (Å²) in [6, 6.07) is 0.493. The predicted octanol–water partition coefficient (Wildman–Crippen LogP) is 1.89. The second-order valence-corrected chi connectivity index (χ2v) is 6.87. The zero-order chi connectivity index (χ0) is 16.5. The Morgan fingerprint density at radius 1 is 1.17 bits per heavy atom. The van der Waals surface area contributed by atoms with Gasteiger partial charge in [0.2, 0.25) is 0 Å². The van der Waals surface area contributed by atoms with Crippen molar-refractivity contribution in [3.05, 3.63) is 35.8 Å². The van der Waals surface area contributed by atoms with Gasteiger partial charge in [-0.3, -0.25) is 4.90 Å². The Morgan fingerprint density at radius 2 is 2.08 bits per heavy atom. The molecule has 1 aliphatic heterocycles. The molecule has 2 aliphatic rings. The molecular formula is C18H26N6. The molecule has 0 saturated carbocycles. The molecule has 1 unspecified atom stereocenters. The molecule has 0 spiro atoms. The third-order valence-corrected chi connectivity index (χ3v) is 5.40. The lowest BCUT2D eigenvalue weighted by Gasteiger charge is -2.40. The lowest BCUT2D eigenvalue weighted by Crippen LogP contribution is -2.52. The second-order valence-electron chi connectivity index (χ2n) is 6.87. The fraction of sp³-hybridized carbons (Fsp3) is 0.611. The van der Waals surface area contributed by atoms with Gasteiger partial charge < -0.3 is 9.47 Å². The van der Waals surface area contributed by atoms with Crippen molar-refractivity contribution in [1.29, 1.82) is 0 Å². The minimum absolute atomic E-state index is 0.493. The molecule has 4 rings (SSSR count). The third-order valence-electron chi connectivity index (χ3n) is 5.40. The van der Waals surface area contributed by atoms with Crippen molar-refractivity contribution >= 4 is 5.82 Å². The van der Waals surface area contributed by atoms with Crippen LogP contribution in [0.2, 0.25) is 0 Å². The summed E-state index contributed by atoms with van der Waals surface area (Å²) in [6.07, 6.45) is 9.18. The highest BCUT2D eigenvalue weighted by Gasteiger charge is 2.28. The summed E-state index contributed by atoms with van der Waals surface area (Å²) < 4.78 is 2.23. The van der Waals surface area contributed by atoms with Crippen molar-refractivity contribution in [3.63, 3.8) is 0 Å². The van der Waals surface area contributed by atoms with E-state index < -0.39 is 0 Å². The Bertz CT molecular complexity index is 709. The largest absolute Gasteiger partial charge is 0.353 e. The molecule has 0 radical (unpaired) electrons. The average molecular weight is 326 g/mol. The highest BCUT2D eigenvalue weighted by Crippen LogP contribution is 2.29. The highest BCUT2D eigenvalue weighted by atomic mass is 15.3. The molecule has 6 nitrogen and oxygen atoms in total. The number of piperazine rings is 1. The maximum atomic E-state index is 4.62. The fourth-order valence-corrected chi connectivity index (χ4v) is 4.00. The van der Waals surface area contributed by atoms with Gasteiger partial charge in [0.25, 0.3) is 0 Å². The van der Waals surface area contributed by atoms with Gasteiger partial charge in [-0.1, -0.05) is 0 Å². The zero-order valence-corrected chi connectivity index (χ0v) is 14.6. The van der Waals surface area contributed by atoms with Crippen LogP contribution in [-0.2, 0) is 25.9 Å². The predicted molar refractivity (Wildman–Crippen MR) is 94.0 cm³/mol. The number of nitrogens with zero attached hydrogens (tertiary/aromatic N) is 6. The van der Waals surface area contributed by atoms with Gasteiger partial charge in [0.15, 0.2) is 0 Å². The van der Waals surface area contributed by atoms with Crippen LogP contribution in [0.1, 0.15) is 37.4 Å². The van der Waals surface area contributed by atoms with E-state index in [1.165, 1.54) is 29.3 Å². The van der Waals surface area contributed by atoms with E-state index in [2.05, 4.69) is 49.4 Å². The first-order chi connectivity index (χ1) is 11.8. The Labute approximate surface area is 143 Å². The van der Waals surface area contributed by atoms with E-state index in [1.807, 2.05) is 6.20 Å². The van der Waals surface area contributed by atoms with Crippen LogP contribution in [0.15, 0.2) is 18.7 Å². The van der Waals surface area contributed by atoms with Gasteiger partial charge in [-0.05, 0) is 33.1 Å². The molecule has 3 heterocycles. The molecule has 0 N–H and O–H groups in total. The van der Waals surface area contributed by atoms with Crippen molar-refractivity contribution in [1.82, 2.24) is 24.4 Å². The van der Waals surface area contributed by atoms with Crippen molar-refractivity contribution < 1.29 is 0 Å². The van der Waals surface area contributed by atoms with Crippen LogP contribution in [0.3, 0.4) is 0 Å². The molecule has 1 saturated heterocycles. The van der Waals surface area contributed by atoms with Crippen LogP contribution in [0.4, 0.5) is 5.82 Å². The van der Waals surface area contributed by atoms with E-state index in [9.17, 15) is 0 Å². The summed E-state index contributed by atoms with van der Waals surface area (Å²) >= 11 is 0. The summed E-state index contributed by atoms with van der Waals surface area (Å²) in [7, 11) is 0. The van der Waals surface area contributed by atoms with Gasteiger partial charge in [-0.15, -0.1) is 0 Å². The van der Waals surface area contributed by atoms with E-state index in [-0.39, 0.29) is 0 Å². The van der Waals surface area contributed by atoms with Gasteiger partial charge in [-0.2, -0.15) is 0 Å². The summed E-state index contributed by atoms with van der Waals surface area (Å²) in [6.45, 7) is 9.50. The Kier molecular flexibility index (Phi) is 4.22. The zero-order valence-electron chi connectivity index (χ0n) is 14.6. The van der Waals surface area contributed by atoms with Gasteiger partial charge in [-0.25, -0.2) is 15.0 Å². The number of fused-ring (bicyclic) bond motifs is 1. The number of imidazole rings is 1. The SMILES string of the molecule is CCn1ccnc1CN1CCN(c2ncnc3c2CCC3)CC1C. The molecule has 24 heavy (non-hydrogen) atoms. The molecule has 0 amide bonds. The smallest absolute Gasteiger partial charge is 0.135 e. The lowest BCUT2D eigenvalue weighted by molar-refractivity contribution is 0.174. The van der Waals surface area contributed by atoms with Gasteiger partial charge in [0.05, 0.1) is 6.54 Å². The average Bonchev–Trinajstić information content (AvgIpc) is 3.24. The van der Waals surface area contributed by atoms with E-state index in [0.29, 0.717) is 6.04 Å². The molecule has 1 aliphatic carbocycles. The number of anilines is 1. The number of aryl methyl sites for hydroxylation is 2. The number of rotatable bonds is 4. The number of hydrogen-bond donors (Lipinski definition) is 0. The first-order valence-electron chi connectivity index (χ1n) is 9.08. The molecule has 6 heteroatoms. The monoisotopic (exact) mass is 326 g/mol. The summed E-state index contributed by atoms with van der Waals surface area (Å²) in [4.78, 5) is 18.6. The first-order valence-corrected chi connectivity index (χ1v) is 9.08. The van der Waals surface area contributed by atoms with E-state index in [1.54, 1.807) is 6.33 Å². The van der Waals surface area contributed by atoms with E-state index in [0.717, 1.165) is 45.6 Å². The highest BCUT2D eigenvalue weighted by molar-refractivity contribution is 5.51. The maximum Gasteiger partial charge on any atom is 0.135 e. The second kappa shape index (κ2) is 6.51. The van der Waals surface area contributed by atoms with Crippen LogP contribution in [-0.4, -0.2) is 50.1 Å². The van der Waals surface area contributed by atoms with Gasteiger partial charge in [0, 0.05) is 55.9 Å². The molecule has 1 atom stereocenters. The molecule has 1 fully saturated rings. The Morgan fingerprint density at radius 3 is 2.92 bits per heavy atom. The van der Waals surface area contributed by atoms with Crippen LogP contribution in [0, 0.1) is 0 Å². The van der Waals surface area contributed by atoms with Crippen molar-refractivity contribution in [3.8, 4) is 0 Å². The maximum absolute atomic E-state index is 4.62. The van der Waals surface area contributed by atoms with E-state index in [4.69, 9.17) is 0 Å². The van der Waals surface area contributed by atoms with Crippen molar-refractivity contribution in [2.75, 3.05) is 24.5 Å². The van der Waals surface area contributed by atoms with Crippen molar-refractivity contribution in [2.24, 2.45) is 0 Å². The van der Waals surface area contributed by atoms with Gasteiger partial charge >= 0.3 is 0 Å². The Balaban J connectivity index is 1.46. The number of aromatic nitrogens is 4. The minimum atomic E-state index is 0.493. The topological polar surface area (TPSA) is 50.1 Å². The third kappa shape index (κ3) is 2.79. The molecule has 128 valence electrons. The minimum Gasteiger partial charge on any atom is -0.353 e.